The fourth-order valence-electron chi connectivity index (χ4n) is 1.32. The van der Waals surface area contributed by atoms with E-state index in [-0.39, 0.29) is 5.92 Å². The lowest BCUT2D eigenvalue weighted by Gasteiger charge is -2.10. The van der Waals surface area contributed by atoms with Crippen LogP contribution in [0.3, 0.4) is 0 Å². The Morgan fingerprint density at radius 1 is 1.50 bits per heavy atom. The summed E-state index contributed by atoms with van der Waals surface area (Å²) < 4.78 is 0. The van der Waals surface area contributed by atoms with Crippen LogP contribution >= 0.6 is 0 Å². The molecule has 4 heteroatoms. The van der Waals surface area contributed by atoms with Crippen molar-refractivity contribution < 1.29 is 9.90 Å². The number of hydrogen-bond donors (Lipinski definition) is 2. The number of rotatable bonds is 5. The van der Waals surface area contributed by atoms with Crippen molar-refractivity contribution in [3.63, 3.8) is 0 Å². The molecule has 1 unspecified atom stereocenters. The van der Waals surface area contributed by atoms with Crippen LogP contribution < -0.4 is 5.73 Å². The van der Waals surface area contributed by atoms with Gasteiger partial charge < -0.3 is 10.8 Å². The van der Waals surface area contributed by atoms with Crippen molar-refractivity contribution in [3.8, 4) is 0 Å². The zero-order valence-corrected chi connectivity index (χ0v) is 7.89. The number of hydrogen-bond acceptors (Lipinski definition) is 3. The zero-order valence-electron chi connectivity index (χ0n) is 7.89. The van der Waals surface area contributed by atoms with E-state index in [4.69, 9.17) is 10.8 Å². The summed E-state index contributed by atoms with van der Waals surface area (Å²) in [5.74, 6) is -1.17. The van der Waals surface area contributed by atoms with Crippen molar-refractivity contribution in [1.29, 1.82) is 0 Å². The Morgan fingerprint density at radius 2 is 2.14 bits per heavy atom. The van der Waals surface area contributed by atoms with Gasteiger partial charge in [0.2, 0.25) is 0 Å². The van der Waals surface area contributed by atoms with Gasteiger partial charge in [-0.15, -0.1) is 0 Å². The third kappa shape index (κ3) is 3.14. The number of aliphatic carboxylic acids is 1. The normalized spacial score (nSPS) is 12.4. The summed E-state index contributed by atoms with van der Waals surface area (Å²) in [5.41, 5.74) is 6.33. The van der Waals surface area contributed by atoms with Crippen LogP contribution in [0.15, 0.2) is 24.5 Å². The molecule has 0 bridgehead atoms. The monoisotopic (exact) mass is 194 g/mol. The average Bonchev–Trinajstić information content (AvgIpc) is 2.18. The van der Waals surface area contributed by atoms with Gasteiger partial charge >= 0.3 is 5.97 Å². The van der Waals surface area contributed by atoms with Crippen LogP contribution in [0.4, 0.5) is 0 Å². The van der Waals surface area contributed by atoms with E-state index in [1.807, 2.05) is 12.1 Å². The van der Waals surface area contributed by atoms with Crippen LogP contribution in [0.25, 0.3) is 0 Å². The SMILES string of the molecule is NCCC(Cc1ccncc1)C(=O)O. The Bertz CT molecular complexity index is 287. The molecular weight excluding hydrogens is 180 g/mol. The first-order valence-electron chi connectivity index (χ1n) is 4.56. The second kappa shape index (κ2) is 5.34. The maximum Gasteiger partial charge on any atom is 0.306 e. The molecule has 0 radical (unpaired) electrons. The zero-order chi connectivity index (χ0) is 10.4. The van der Waals surface area contributed by atoms with E-state index in [9.17, 15) is 4.79 Å². The lowest BCUT2D eigenvalue weighted by molar-refractivity contribution is -0.141. The number of nitrogens with zero attached hydrogens (tertiary/aromatic N) is 1. The molecule has 3 N–H and O–H groups in total. The number of aromatic nitrogens is 1. The summed E-state index contributed by atoms with van der Waals surface area (Å²) in [5, 5.41) is 8.89. The van der Waals surface area contributed by atoms with Gasteiger partial charge in [0.15, 0.2) is 0 Å². The third-order valence-corrected chi connectivity index (χ3v) is 2.10. The van der Waals surface area contributed by atoms with Gasteiger partial charge in [-0.1, -0.05) is 0 Å². The molecule has 0 aliphatic rings. The van der Waals surface area contributed by atoms with E-state index in [0.29, 0.717) is 19.4 Å². The first kappa shape index (κ1) is 10.7. The molecule has 0 saturated carbocycles. The highest BCUT2D eigenvalue weighted by Crippen LogP contribution is 2.11. The number of nitrogens with two attached hydrogens (primary N) is 1. The van der Waals surface area contributed by atoms with Crippen LogP contribution in [0.1, 0.15) is 12.0 Å². The van der Waals surface area contributed by atoms with E-state index < -0.39 is 5.97 Å². The molecule has 0 fully saturated rings. The van der Waals surface area contributed by atoms with E-state index >= 15 is 0 Å². The van der Waals surface area contributed by atoms with Gasteiger partial charge in [-0.2, -0.15) is 0 Å². The summed E-state index contributed by atoms with van der Waals surface area (Å²) in [4.78, 5) is 14.7. The summed E-state index contributed by atoms with van der Waals surface area (Å²) >= 11 is 0. The highest BCUT2D eigenvalue weighted by molar-refractivity contribution is 5.70. The predicted octanol–water partition coefficient (Wildman–Crippen LogP) is 0.674. The highest BCUT2D eigenvalue weighted by Gasteiger charge is 2.16. The largest absolute Gasteiger partial charge is 0.481 e. The molecule has 0 aliphatic carbocycles. The van der Waals surface area contributed by atoms with Crippen molar-refractivity contribution in [2.24, 2.45) is 11.7 Å². The standard InChI is InChI=1S/C10H14N2O2/c11-4-1-9(10(13)14)7-8-2-5-12-6-3-8/h2-3,5-6,9H,1,4,7,11H2,(H,13,14). The van der Waals surface area contributed by atoms with Crippen molar-refractivity contribution in [1.82, 2.24) is 4.98 Å². The predicted molar refractivity (Wildman–Crippen MR) is 52.7 cm³/mol. The van der Waals surface area contributed by atoms with Gasteiger partial charge in [-0.25, -0.2) is 0 Å². The summed E-state index contributed by atoms with van der Waals surface area (Å²) in [6.07, 6.45) is 4.36. The van der Waals surface area contributed by atoms with Crippen LogP contribution in [0, 0.1) is 5.92 Å². The lowest BCUT2D eigenvalue weighted by Crippen LogP contribution is -2.20. The number of carboxylic acid groups (broad SMARTS) is 1. The van der Waals surface area contributed by atoms with Crippen molar-refractivity contribution in [3.05, 3.63) is 30.1 Å². The Morgan fingerprint density at radius 3 is 2.64 bits per heavy atom. The third-order valence-electron chi connectivity index (χ3n) is 2.10. The summed E-state index contributed by atoms with van der Waals surface area (Å²) in [6.45, 7) is 0.405. The van der Waals surface area contributed by atoms with Crippen LogP contribution in [-0.4, -0.2) is 22.6 Å². The molecular formula is C10H14N2O2. The van der Waals surface area contributed by atoms with E-state index in [2.05, 4.69) is 4.98 Å². The maximum absolute atomic E-state index is 10.8. The lowest BCUT2D eigenvalue weighted by atomic mass is 9.97. The molecule has 76 valence electrons. The quantitative estimate of drug-likeness (QED) is 0.722. The van der Waals surface area contributed by atoms with Crippen LogP contribution in [-0.2, 0) is 11.2 Å². The highest BCUT2D eigenvalue weighted by atomic mass is 16.4. The van der Waals surface area contributed by atoms with Gasteiger partial charge in [0.05, 0.1) is 5.92 Å². The Balaban J connectivity index is 2.60. The fraction of sp³-hybridized carbons (Fsp3) is 0.400. The molecule has 0 spiro atoms. The molecule has 4 nitrogen and oxygen atoms in total. The molecule has 0 amide bonds. The fourth-order valence-corrected chi connectivity index (χ4v) is 1.32. The van der Waals surface area contributed by atoms with E-state index in [1.54, 1.807) is 12.4 Å². The first-order valence-corrected chi connectivity index (χ1v) is 4.56. The minimum Gasteiger partial charge on any atom is -0.481 e. The van der Waals surface area contributed by atoms with Gasteiger partial charge in [-0.3, -0.25) is 9.78 Å². The molecule has 14 heavy (non-hydrogen) atoms. The minimum atomic E-state index is -0.785. The molecule has 1 heterocycles. The molecule has 1 aromatic rings. The van der Waals surface area contributed by atoms with Crippen LogP contribution in [0.5, 0.6) is 0 Å². The molecule has 1 rings (SSSR count). The van der Waals surface area contributed by atoms with E-state index in [0.717, 1.165) is 5.56 Å². The number of pyridine rings is 1. The first-order chi connectivity index (χ1) is 6.74. The van der Waals surface area contributed by atoms with Crippen molar-refractivity contribution >= 4 is 5.97 Å². The van der Waals surface area contributed by atoms with Crippen molar-refractivity contribution in [2.45, 2.75) is 12.8 Å². The van der Waals surface area contributed by atoms with Gasteiger partial charge in [0.1, 0.15) is 0 Å². The smallest absolute Gasteiger partial charge is 0.306 e. The van der Waals surface area contributed by atoms with Gasteiger partial charge in [-0.05, 0) is 37.1 Å². The molecule has 0 aliphatic heterocycles. The topological polar surface area (TPSA) is 76.2 Å². The average molecular weight is 194 g/mol. The molecule has 0 aromatic carbocycles. The van der Waals surface area contributed by atoms with Gasteiger partial charge in [0.25, 0.3) is 0 Å². The number of carbonyl (C=O) groups is 1. The van der Waals surface area contributed by atoms with E-state index in [1.165, 1.54) is 0 Å². The van der Waals surface area contributed by atoms with Crippen LogP contribution in [0.2, 0.25) is 0 Å². The minimum absolute atomic E-state index is 0.387. The Hall–Kier alpha value is -1.42. The maximum atomic E-state index is 10.8. The Kier molecular flexibility index (Phi) is 4.07. The molecule has 1 atom stereocenters. The summed E-state index contributed by atoms with van der Waals surface area (Å²) in [7, 11) is 0. The summed E-state index contributed by atoms with van der Waals surface area (Å²) in [6, 6.07) is 3.65. The molecule has 1 aromatic heterocycles. The second-order valence-corrected chi connectivity index (χ2v) is 3.17. The Labute approximate surface area is 82.8 Å². The second-order valence-electron chi connectivity index (χ2n) is 3.17. The number of carboxylic acids is 1. The molecule has 0 saturated heterocycles. The van der Waals surface area contributed by atoms with Gasteiger partial charge in [0, 0.05) is 12.4 Å². The van der Waals surface area contributed by atoms with Crippen molar-refractivity contribution in [2.75, 3.05) is 6.54 Å².